The predicted octanol–water partition coefficient (Wildman–Crippen LogP) is 3.49. The summed E-state index contributed by atoms with van der Waals surface area (Å²) in [6.07, 6.45) is 1.94. The topological polar surface area (TPSA) is 29.1 Å². The van der Waals surface area contributed by atoms with Gasteiger partial charge in [0, 0.05) is 12.0 Å². The number of carbonyl (C=O) groups is 1. The van der Waals surface area contributed by atoms with Gasteiger partial charge in [0.1, 0.15) is 5.88 Å². The molecule has 1 N–H and O–H groups in total. The summed E-state index contributed by atoms with van der Waals surface area (Å²) in [4.78, 5) is 11.7. The Bertz CT molecular complexity index is 626. The standard InChI is InChI=1S/C18H18ClNO/c19-12-17(21)20-16-11-10-13-6-4-5-9-15(13)18(16)14-7-2-1-3-8-14/h1-9,16,18H,10-12H2,(H,20,21). The van der Waals surface area contributed by atoms with Gasteiger partial charge in [-0.3, -0.25) is 4.79 Å². The lowest BCUT2D eigenvalue weighted by atomic mass is 9.75. The molecule has 0 radical (unpaired) electrons. The van der Waals surface area contributed by atoms with E-state index in [1.165, 1.54) is 16.7 Å². The number of hydrogen-bond donors (Lipinski definition) is 1. The van der Waals surface area contributed by atoms with Gasteiger partial charge in [0.2, 0.25) is 5.91 Å². The first-order valence-corrected chi connectivity index (χ1v) is 7.81. The maximum Gasteiger partial charge on any atom is 0.235 e. The lowest BCUT2D eigenvalue weighted by Crippen LogP contribution is -2.42. The van der Waals surface area contributed by atoms with Crippen LogP contribution < -0.4 is 5.32 Å². The first kappa shape index (κ1) is 14.2. The van der Waals surface area contributed by atoms with Gasteiger partial charge < -0.3 is 5.32 Å². The molecule has 2 unspecified atom stereocenters. The molecule has 0 fully saturated rings. The summed E-state index contributed by atoms with van der Waals surface area (Å²) in [6, 6.07) is 19.0. The molecule has 0 aliphatic heterocycles. The van der Waals surface area contributed by atoms with E-state index in [9.17, 15) is 4.79 Å². The van der Waals surface area contributed by atoms with Crippen molar-refractivity contribution in [3.8, 4) is 0 Å². The predicted molar refractivity (Wildman–Crippen MR) is 85.7 cm³/mol. The van der Waals surface area contributed by atoms with Gasteiger partial charge in [0.25, 0.3) is 0 Å². The van der Waals surface area contributed by atoms with E-state index >= 15 is 0 Å². The zero-order chi connectivity index (χ0) is 14.7. The third kappa shape index (κ3) is 2.96. The van der Waals surface area contributed by atoms with Crippen molar-refractivity contribution in [3.05, 3.63) is 71.3 Å². The van der Waals surface area contributed by atoms with Crippen molar-refractivity contribution in [2.24, 2.45) is 0 Å². The van der Waals surface area contributed by atoms with Crippen molar-refractivity contribution in [1.82, 2.24) is 5.32 Å². The van der Waals surface area contributed by atoms with Crippen LogP contribution in [0.3, 0.4) is 0 Å². The summed E-state index contributed by atoms with van der Waals surface area (Å²) in [5.74, 6) is 0.116. The quantitative estimate of drug-likeness (QED) is 0.864. The first-order valence-electron chi connectivity index (χ1n) is 7.27. The average Bonchev–Trinajstić information content (AvgIpc) is 2.55. The summed E-state index contributed by atoms with van der Waals surface area (Å²) in [6.45, 7) is 0. The van der Waals surface area contributed by atoms with Gasteiger partial charge in [-0.2, -0.15) is 0 Å². The van der Waals surface area contributed by atoms with Crippen molar-refractivity contribution in [2.45, 2.75) is 24.8 Å². The Kier molecular flexibility index (Phi) is 4.26. The number of aryl methyl sites for hydroxylation is 1. The van der Waals surface area contributed by atoms with Crippen LogP contribution in [0.25, 0.3) is 0 Å². The molecule has 3 heteroatoms. The highest BCUT2D eigenvalue weighted by Gasteiger charge is 2.31. The van der Waals surface area contributed by atoms with Crippen LogP contribution in [0.5, 0.6) is 0 Å². The van der Waals surface area contributed by atoms with E-state index in [0.29, 0.717) is 0 Å². The Morgan fingerprint density at radius 3 is 2.57 bits per heavy atom. The number of fused-ring (bicyclic) bond motifs is 1. The Hall–Kier alpha value is -1.80. The normalized spacial score (nSPS) is 20.6. The minimum Gasteiger partial charge on any atom is -0.351 e. The van der Waals surface area contributed by atoms with Gasteiger partial charge in [-0.25, -0.2) is 0 Å². The molecule has 2 atom stereocenters. The number of benzene rings is 2. The zero-order valence-corrected chi connectivity index (χ0v) is 12.5. The highest BCUT2D eigenvalue weighted by Crippen LogP contribution is 2.36. The minimum absolute atomic E-state index is 0.0135. The second kappa shape index (κ2) is 6.31. The monoisotopic (exact) mass is 299 g/mol. The molecule has 3 rings (SSSR count). The van der Waals surface area contributed by atoms with Crippen LogP contribution >= 0.6 is 11.6 Å². The van der Waals surface area contributed by atoms with Gasteiger partial charge in [-0.15, -0.1) is 11.6 Å². The molecule has 0 bridgehead atoms. The van der Waals surface area contributed by atoms with Gasteiger partial charge in [0.05, 0.1) is 0 Å². The summed E-state index contributed by atoms with van der Waals surface area (Å²) in [5, 5.41) is 3.09. The van der Waals surface area contributed by atoms with Crippen LogP contribution in [0.1, 0.15) is 29.0 Å². The number of rotatable bonds is 3. The number of carbonyl (C=O) groups excluding carboxylic acids is 1. The molecule has 1 aliphatic rings. The summed E-state index contributed by atoms with van der Waals surface area (Å²) >= 11 is 5.65. The Morgan fingerprint density at radius 1 is 1.10 bits per heavy atom. The largest absolute Gasteiger partial charge is 0.351 e. The fraction of sp³-hybridized carbons (Fsp3) is 0.278. The Labute approximate surface area is 130 Å². The highest BCUT2D eigenvalue weighted by molar-refractivity contribution is 6.27. The second-order valence-corrected chi connectivity index (χ2v) is 5.70. The van der Waals surface area contributed by atoms with Crippen molar-refractivity contribution in [2.75, 3.05) is 5.88 Å². The summed E-state index contributed by atoms with van der Waals surface area (Å²) in [5.41, 5.74) is 3.93. The van der Waals surface area contributed by atoms with Crippen LogP contribution in [-0.2, 0) is 11.2 Å². The molecule has 21 heavy (non-hydrogen) atoms. The van der Waals surface area contributed by atoms with Crippen molar-refractivity contribution in [1.29, 1.82) is 0 Å². The molecule has 2 aromatic rings. The van der Waals surface area contributed by atoms with Crippen LogP contribution in [0, 0.1) is 0 Å². The van der Waals surface area contributed by atoms with E-state index in [1.807, 2.05) is 18.2 Å². The van der Waals surface area contributed by atoms with E-state index < -0.39 is 0 Å². The molecule has 0 saturated carbocycles. The fourth-order valence-corrected chi connectivity index (χ4v) is 3.31. The Morgan fingerprint density at radius 2 is 1.81 bits per heavy atom. The van der Waals surface area contributed by atoms with E-state index in [2.05, 4.69) is 41.7 Å². The fourth-order valence-electron chi connectivity index (χ4n) is 3.23. The first-order chi connectivity index (χ1) is 10.3. The zero-order valence-electron chi connectivity index (χ0n) is 11.8. The molecule has 2 nitrogen and oxygen atoms in total. The SMILES string of the molecule is O=C(CCl)NC1CCc2ccccc2C1c1ccccc1. The van der Waals surface area contributed by atoms with Crippen molar-refractivity contribution < 1.29 is 4.79 Å². The molecule has 2 aromatic carbocycles. The third-order valence-electron chi connectivity index (χ3n) is 4.14. The summed E-state index contributed by atoms with van der Waals surface area (Å²) < 4.78 is 0. The second-order valence-electron chi connectivity index (χ2n) is 5.43. The van der Waals surface area contributed by atoms with Gasteiger partial charge in [0.15, 0.2) is 0 Å². The highest BCUT2D eigenvalue weighted by atomic mass is 35.5. The van der Waals surface area contributed by atoms with Crippen molar-refractivity contribution in [3.63, 3.8) is 0 Å². The van der Waals surface area contributed by atoms with Crippen LogP contribution in [0.2, 0.25) is 0 Å². The van der Waals surface area contributed by atoms with Crippen LogP contribution in [-0.4, -0.2) is 17.8 Å². The van der Waals surface area contributed by atoms with Crippen LogP contribution in [0.4, 0.5) is 0 Å². The number of alkyl halides is 1. The van der Waals surface area contributed by atoms with Gasteiger partial charge >= 0.3 is 0 Å². The van der Waals surface area contributed by atoms with E-state index in [4.69, 9.17) is 11.6 Å². The summed E-state index contributed by atoms with van der Waals surface area (Å²) in [7, 11) is 0. The number of hydrogen-bond acceptors (Lipinski definition) is 1. The number of nitrogens with one attached hydrogen (secondary N) is 1. The lowest BCUT2D eigenvalue weighted by molar-refractivity contribution is -0.119. The van der Waals surface area contributed by atoms with E-state index in [0.717, 1.165) is 12.8 Å². The third-order valence-corrected chi connectivity index (χ3v) is 4.39. The molecule has 0 saturated heterocycles. The van der Waals surface area contributed by atoms with E-state index in [1.54, 1.807) is 0 Å². The Balaban J connectivity index is 2.01. The molecule has 0 heterocycles. The van der Waals surface area contributed by atoms with Gasteiger partial charge in [-0.05, 0) is 29.5 Å². The molecule has 1 aliphatic carbocycles. The number of amides is 1. The van der Waals surface area contributed by atoms with Crippen LogP contribution in [0.15, 0.2) is 54.6 Å². The maximum atomic E-state index is 11.7. The molecular weight excluding hydrogens is 282 g/mol. The molecular formula is C18H18ClNO. The van der Waals surface area contributed by atoms with Gasteiger partial charge in [-0.1, -0.05) is 54.6 Å². The van der Waals surface area contributed by atoms with E-state index in [-0.39, 0.29) is 23.7 Å². The number of halogens is 1. The molecule has 108 valence electrons. The molecule has 0 aromatic heterocycles. The van der Waals surface area contributed by atoms with Crippen molar-refractivity contribution >= 4 is 17.5 Å². The average molecular weight is 300 g/mol. The minimum atomic E-state index is -0.0954. The molecule has 1 amide bonds. The molecule has 0 spiro atoms. The smallest absolute Gasteiger partial charge is 0.235 e. The lowest BCUT2D eigenvalue weighted by Gasteiger charge is -2.34. The maximum absolute atomic E-state index is 11.7.